The smallest absolute Gasteiger partial charge is 0.303 e. The second kappa shape index (κ2) is 7.99. The molecule has 138 valence electrons. The molecule has 0 unspecified atom stereocenters. The normalized spacial score (nSPS) is 16.5. The van der Waals surface area contributed by atoms with Gasteiger partial charge < -0.3 is 5.11 Å². The molecule has 1 amide bonds. The molecule has 1 fully saturated rings. The van der Waals surface area contributed by atoms with Crippen molar-refractivity contribution in [2.45, 2.75) is 63.2 Å². The molecular weight excluding hydrogens is 342 g/mol. The van der Waals surface area contributed by atoms with Gasteiger partial charge in [-0.05, 0) is 44.7 Å². The second-order valence-corrected chi connectivity index (χ2v) is 8.52. The maximum Gasteiger partial charge on any atom is 0.303 e. The van der Waals surface area contributed by atoms with E-state index < -0.39 is 27.3 Å². The van der Waals surface area contributed by atoms with Crippen LogP contribution in [0.3, 0.4) is 0 Å². The van der Waals surface area contributed by atoms with Crippen molar-refractivity contribution in [3.05, 3.63) is 29.8 Å². The van der Waals surface area contributed by atoms with Crippen LogP contribution in [0.25, 0.3) is 0 Å². The standard InChI is InChI=1S/C18H25NO5S/c1-14-7-9-15(10-8-14)25(23,24)19-17(22)18(12-4-5-13-18)11-3-2-6-16(20)21/h7-10H,2-6,11-13H2,1H3,(H,19,22)(H,20,21). The van der Waals surface area contributed by atoms with Crippen molar-refractivity contribution in [3.63, 3.8) is 0 Å². The Labute approximate surface area is 148 Å². The van der Waals surface area contributed by atoms with Crippen molar-refractivity contribution in [2.24, 2.45) is 5.41 Å². The molecule has 2 rings (SSSR count). The lowest BCUT2D eigenvalue weighted by molar-refractivity contribution is -0.137. The molecule has 1 aromatic carbocycles. The van der Waals surface area contributed by atoms with Gasteiger partial charge in [0.25, 0.3) is 10.0 Å². The van der Waals surface area contributed by atoms with E-state index in [0.29, 0.717) is 32.1 Å². The van der Waals surface area contributed by atoms with Crippen LogP contribution < -0.4 is 4.72 Å². The Balaban J connectivity index is 2.06. The molecule has 0 saturated heterocycles. The molecule has 0 radical (unpaired) electrons. The SMILES string of the molecule is Cc1ccc(S(=O)(=O)NC(=O)C2(CCCCC(=O)O)CCCC2)cc1. The van der Waals surface area contributed by atoms with Crippen LogP contribution in [0.15, 0.2) is 29.2 Å². The van der Waals surface area contributed by atoms with Gasteiger partial charge >= 0.3 is 5.97 Å². The second-order valence-electron chi connectivity index (χ2n) is 6.84. The first-order valence-corrected chi connectivity index (χ1v) is 10.1. The van der Waals surface area contributed by atoms with Crippen molar-refractivity contribution in [1.29, 1.82) is 0 Å². The van der Waals surface area contributed by atoms with Crippen LogP contribution in [-0.4, -0.2) is 25.4 Å². The fourth-order valence-electron chi connectivity index (χ4n) is 3.39. The van der Waals surface area contributed by atoms with Crippen LogP contribution in [-0.2, 0) is 19.6 Å². The third-order valence-corrected chi connectivity index (χ3v) is 6.24. The quantitative estimate of drug-likeness (QED) is 0.688. The number of carboxylic acid groups (broad SMARTS) is 1. The molecule has 0 aromatic heterocycles. The minimum Gasteiger partial charge on any atom is -0.481 e. The van der Waals surface area contributed by atoms with Crippen molar-refractivity contribution >= 4 is 21.9 Å². The number of amides is 1. The van der Waals surface area contributed by atoms with Gasteiger partial charge in [-0.15, -0.1) is 0 Å². The van der Waals surface area contributed by atoms with Crippen molar-refractivity contribution in [3.8, 4) is 0 Å². The maximum absolute atomic E-state index is 12.7. The molecule has 0 heterocycles. The number of unbranched alkanes of at least 4 members (excludes halogenated alkanes) is 1. The van der Waals surface area contributed by atoms with Crippen LogP contribution in [0.5, 0.6) is 0 Å². The summed E-state index contributed by atoms with van der Waals surface area (Å²) in [5.41, 5.74) is 0.243. The summed E-state index contributed by atoms with van der Waals surface area (Å²) in [5, 5.41) is 8.72. The molecule has 1 aliphatic carbocycles. The van der Waals surface area contributed by atoms with Crippen LogP contribution in [0.2, 0.25) is 0 Å². The minimum atomic E-state index is -3.89. The zero-order valence-corrected chi connectivity index (χ0v) is 15.3. The Bertz CT molecular complexity index is 718. The molecule has 0 bridgehead atoms. The number of sulfonamides is 1. The summed E-state index contributed by atoms with van der Waals surface area (Å²) in [7, 11) is -3.89. The fraction of sp³-hybridized carbons (Fsp3) is 0.556. The van der Waals surface area contributed by atoms with Gasteiger partial charge in [-0.25, -0.2) is 13.1 Å². The summed E-state index contributed by atoms with van der Waals surface area (Å²) < 4.78 is 27.2. The van der Waals surface area contributed by atoms with E-state index in [4.69, 9.17) is 5.11 Å². The first-order valence-electron chi connectivity index (χ1n) is 8.61. The largest absolute Gasteiger partial charge is 0.481 e. The van der Waals surface area contributed by atoms with Gasteiger partial charge in [-0.1, -0.05) is 37.0 Å². The van der Waals surface area contributed by atoms with Crippen molar-refractivity contribution in [2.75, 3.05) is 0 Å². The van der Waals surface area contributed by atoms with E-state index in [9.17, 15) is 18.0 Å². The first kappa shape index (κ1) is 19.4. The Morgan fingerprint density at radius 1 is 1.12 bits per heavy atom. The Morgan fingerprint density at radius 2 is 1.72 bits per heavy atom. The number of aliphatic carboxylic acids is 1. The van der Waals surface area contributed by atoms with Gasteiger partial charge in [0.2, 0.25) is 5.91 Å². The van der Waals surface area contributed by atoms with Crippen LogP contribution in [0, 0.1) is 12.3 Å². The Hall–Kier alpha value is -1.89. The van der Waals surface area contributed by atoms with Crippen LogP contribution >= 0.6 is 0 Å². The number of rotatable bonds is 8. The summed E-state index contributed by atoms with van der Waals surface area (Å²) in [6.07, 6.45) is 4.76. The summed E-state index contributed by atoms with van der Waals surface area (Å²) in [6.45, 7) is 1.86. The van der Waals surface area contributed by atoms with E-state index in [2.05, 4.69) is 4.72 Å². The predicted octanol–water partition coefficient (Wildman–Crippen LogP) is 3.01. The average Bonchev–Trinajstić information content (AvgIpc) is 3.01. The number of aryl methyl sites for hydroxylation is 1. The molecule has 6 nitrogen and oxygen atoms in total. The highest BCUT2D eigenvalue weighted by Gasteiger charge is 2.42. The third kappa shape index (κ3) is 5.04. The highest BCUT2D eigenvalue weighted by Crippen LogP contribution is 2.43. The van der Waals surface area contributed by atoms with Crippen molar-refractivity contribution < 1.29 is 23.1 Å². The van der Waals surface area contributed by atoms with Gasteiger partial charge in [-0.3, -0.25) is 9.59 Å². The number of nitrogens with one attached hydrogen (secondary N) is 1. The average molecular weight is 367 g/mol. The molecule has 2 N–H and O–H groups in total. The number of carboxylic acids is 1. The third-order valence-electron chi connectivity index (χ3n) is 4.90. The number of carbonyl (C=O) groups excluding carboxylic acids is 1. The Kier molecular flexibility index (Phi) is 6.21. The maximum atomic E-state index is 12.7. The van der Waals surface area contributed by atoms with Gasteiger partial charge in [0, 0.05) is 6.42 Å². The number of hydrogen-bond acceptors (Lipinski definition) is 4. The molecule has 0 spiro atoms. The van der Waals surface area contributed by atoms with E-state index in [1.807, 2.05) is 6.92 Å². The summed E-state index contributed by atoms with van der Waals surface area (Å²) in [5.74, 6) is -1.31. The molecule has 1 saturated carbocycles. The number of carbonyl (C=O) groups is 2. The molecular formula is C18H25NO5S. The zero-order valence-electron chi connectivity index (χ0n) is 14.5. The zero-order chi connectivity index (χ0) is 18.5. The van der Waals surface area contributed by atoms with Gasteiger partial charge in [-0.2, -0.15) is 0 Å². The molecule has 25 heavy (non-hydrogen) atoms. The van der Waals surface area contributed by atoms with Crippen LogP contribution in [0.1, 0.15) is 56.9 Å². The van der Waals surface area contributed by atoms with E-state index >= 15 is 0 Å². The Morgan fingerprint density at radius 3 is 2.28 bits per heavy atom. The van der Waals surface area contributed by atoms with Crippen molar-refractivity contribution in [1.82, 2.24) is 4.72 Å². The number of hydrogen-bond donors (Lipinski definition) is 2. The topological polar surface area (TPSA) is 101 Å². The minimum absolute atomic E-state index is 0.0688. The summed E-state index contributed by atoms with van der Waals surface area (Å²) in [6, 6.07) is 6.35. The fourth-order valence-corrected chi connectivity index (χ4v) is 4.46. The van der Waals surface area contributed by atoms with Gasteiger partial charge in [0.05, 0.1) is 10.3 Å². The first-order chi connectivity index (χ1) is 11.8. The molecule has 7 heteroatoms. The van der Waals surface area contributed by atoms with Crippen LogP contribution in [0.4, 0.5) is 0 Å². The van der Waals surface area contributed by atoms with E-state index in [0.717, 1.165) is 18.4 Å². The highest BCUT2D eigenvalue weighted by atomic mass is 32.2. The van der Waals surface area contributed by atoms with E-state index in [-0.39, 0.29) is 11.3 Å². The molecule has 0 atom stereocenters. The lowest BCUT2D eigenvalue weighted by Gasteiger charge is -2.27. The number of benzene rings is 1. The molecule has 1 aliphatic rings. The lowest BCUT2D eigenvalue weighted by Crippen LogP contribution is -2.42. The molecule has 1 aromatic rings. The van der Waals surface area contributed by atoms with E-state index in [1.165, 1.54) is 12.1 Å². The lowest BCUT2D eigenvalue weighted by atomic mass is 9.80. The van der Waals surface area contributed by atoms with Gasteiger partial charge in [0.1, 0.15) is 0 Å². The van der Waals surface area contributed by atoms with Gasteiger partial charge in [0.15, 0.2) is 0 Å². The van der Waals surface area contributed by atoms with E-state index in [1.54, 1.807) is 12.1 Å². The predicted molar refractivity (Wildman–Crippen MR) is 93.5 cm³/mol. The summed E-state index contributed by atoms with van der Waals surface area (Å²) >= 11 is 0. The highest BCUT2D eigenvalue weighted by molar-refractivity contribution is 7.90. The monoisotopic (exact) mass is 367 g/mol. The summed E-state index contributed by atoms with van der Waals surface area (Å²) in [4.78, 5) is 23.4. The molecule has 0 aliphatic heterocycles.